The van der Waals surface area contributed by atoms with Gasteiger partial charge in [-0.2, -0.15) is 5.26 Å². The Labute approximate surface area is 130 Å². The van der Waals surface area contributed by atoms with Crippen molar-refractivity contribution in [1.82, 2.24) is 10.2 Å². The third-order valence-electron chi connectivity index (χ3n) is 4.08. The van der Waals surface area contributed by atoms with Gasteiger partial charge >= 0.3 is 0 Å². The SMILES string of the molecule is N#CCNC(=O)CN1CCCCCC1CC(O)c1ccco1. The predicted octanol–water partition coefficient (Wildman–Crippen LogP) is 1.59. The minimum atomic E-state index is -0.650. The number of rotatable bonds is 6. The standard InChI is InChI=1S/C16H23N3O3/c17-7-8-18-16(21)12-19-9-3-1-2-5-13(19)11-14(20)15-6-4-10-22-15/h4,6,10,13-14,20H,1-3,5,8-9,11-12H2,(H,18,21). The Morgan fingerprint density at radius 3 is 3.14 bits per heavy atom. The van der Waals surface area contributed by atoms with Crippen molar-refractivity contribution < 1.29 is 14.3 Å². The quantitative estimate of drug-likeness (QED) is 0.779. The topological polar surface area (TPSA) is 89.5 Å². The highest BCUT2D eigenvalue weighted by atomic mass is 16.4. The lowest BCUT2D eigenvalue weighted by Crippen LogP contribution is -2.43. The first-order valence-electron chi connectivity index (χ1n) is 7.80. The number of likely N-dealkylation sites (tertiary alicyclic amines) is 1. The third-order valence-corrected chi connectivity index (χ3v) is 4.08. The minimum absolute atomic E-state index is 0.0341. The fraction of sp³-hybridized carbons (Fsp3) is 0.625. The number of carbonyl (C=O) groups excluding carboxylic acids is 1. The van der Waals surface area contributed by atoms with E-state index < -0.39 is 6.10 Å². The van der Waals surface area contributed by atoms with Crippen molar-refractivity contribution in [3.63, 3.8) is 0 Å². The molecule has 120 valence electrons. The van der Waals surface area contributed by atoms with E-state index in [0.29, 0.717) is 12.2 Å². The van der Waals surface area contributed by atoms with Gasteiger partial charge in [-0.3, -0.25) is 9.69 Å². The zero-order valence-corrected chi connectivity index (χ0v) is 12.7. The van der Waals surface area contributed by atoms with Crippen LogP contribution < -0.4 is 5.32 Å². The van der Waals surface area contributed by atoms with Crippen LogP contribution in [0.25, 0.3) is 0 Å². The average molecular weight is 305 g/mol. The molecule has 0 radical (unpaired) electrons. The van der Waals surface area contributed by atoms with Crippen LogP contribution in [-0.4, -0.2) is 41.6 Å². The molecule has 22 heavy (non-hydrogen) atoms. The minimum Gasteiger partial charge on any atom is -0.467 e. The van der Waals surface area contributed by atoms with Crippen molar-refractivity contribution in [3.05, 3.63) is 24.2 Å². The molecule has 1 aliphatic heterocycles. The normalized spacial score (nSPS) is 20.8. The maximum absolute atomic E-state index is 11.9. The molecule has 1 aromatic rings. The van der Waals surface area contributed by atoms with Crippen molar-refractivity contribution >= 4 is 5.91 Å². The van der Waals surface area contributed by atoms with Crippen molar-refractivity contribution in [1.29, 1.82) is 5.26 Å². The smallest absolute Gasteiger partial charge is 0.235 e. The van der Waals surface area contributed by atoms with Crippen molar-refractivity contribution in [2.45, 2.75) is 44.2 Å². The first-order chi connectivity index (χ1) is 10.7. The molecule has 2 N–H and O–H groups in total. The van der Waals surface area contributed by atoms with Crippen LogP contribution in [0.1, 0.15) is 44.0 Å². The van der Waals surface area contributed by atoms with E-state index in [9.17, 15) is 9.90 Å². The number of hydrogen-bond donors (Lipinski definition) is 2. The molecule has 0 bridgehead atoms. The number of aliphatic hydroxyl groups is 1. The number of hydrogen-bond acceptors (Lipinski definition) is 5. The van der Waals surface area contributed by atoms with E-state index >= 15 is 0 Å². The first-order valence-corrected chi connectivity index (χ1v) is 7.80. The Kier molecular flexibility index (Phi) is 6.44. The van der Waals surface area contributed by atoms with Crippen LogP contribution in [0.3, 0.4) is 0 Å². The van der Waals surface area contributed by atoms with Crippen LogP contribution in [-0.2, 0) is 4.79 Å². The highest BCUT2D eigenvalue weighted by Gasteiger charge is 2.26. The molecule has 1 amide bonds. The second-order valence-electron chi connectivity index (χ2n) is 5.68. The fourth-order valence-electron chi connectivity index (χ4n) is 2.95. The van der Waals surface area contributed by atoms with Crippen molar-refractivity contribution in [2.75, 3.05) is 19.6 Å². The largest absolute Gasteiger partial charge is 0.467 e. The molecule has 6 heteroatoms. The molecule has 0 saturated carbocycles. The van der Waals surface area contributed by atoms with Gasteiger partial charge < -0.3 is 14.8 Å². The van der Waals surface area contributed by atoms with Crippen LogP contribution in [0, 0.1) is 11.3 Å². The summed E-state index contributed by atoms with van der Waals surface area (Å²) in [5.74, 6) is 0.430. The molecule has 6 nitrogen and oxygen atoms in total. The molecule has 0 aliphatic carbocycles. The zero-order valence-electron chi connectivity index (χ0n) is 12.7. The van der Waals surface area contributed by atoms with Gasteiger partial charge in [0, 0.05) is 6.04 Å². The summed E-state index contributed by atoms with van der Waals surface area (Å²) in [6, 6.07) is 5.59. The van der Waals surface area contributed by atoms with Gasteiger partial charge in [0.2, 0.25) is 5.91 Å². The van der Waals surface area contributed by atoms with E-state index in [4.69, 9.17) is 9.68 Å². The summed E-state index contributed by atoms with van der Waals surface area (Å²) in [4.78, 5) is 14.0. The van der Waals surface area contributed by atoms with Gasteiger partial charge in [-0.05, 0) is 37.9 Å². The monoisotopic (exact) mass is 305 g/mol. The molecular formula is C16H23N3O3. The van der Waals surface area contributed by atoms with Gasteiger partial charge in [0.1, 0.15) is 18.4 Å². The number of aliphatic hydroxyl groups excluding tert-OH is 1. The predicted molar refractivity (Wildman–Crippen MR) is 80.7 cm³/mol. The summed E-state index contributed by atoms with van der Waals surface area (Å²) in [6.07, 6.45) is 5.72. The Hall–Kier alpha value is -1.84. The molecule has 2 rings (SSSR count). The zero-order chi connectivity index (χ0) is 15.8. The molecule has 1 aliphatic rings. The molecular weight excluding hydrogens is 282 g/mol. The van der Waals surface area contributed by atoms with Crippen LogP contribution in [0.15, 0.2) is 22.8 Å². The number of nitrogens with one attached hydrogen (secondary N) is 1. The van der Waals surface area contributed by atoms with Crippen molar-refractivity contribution in [3.8, 4) is 6.07 Å². The van der Waals surface area contributed by atoms with Gasteiger partial charge in [-0.1, -0.05) is 12.8 Å². The van der Waals surface area contributed by atoms with Gasteiger partial charge in [-0.15, -0.1) is 0 Å². The summed E-state index contributed by atoms with van der Waals surface area (Å²) in [5.41, 5.74) is 0. The van der Waals surface area contributed by atoms with E-state index in [1.165, 1.54) is 0 Å². The fourth-order valence-corrected chi connectivity index (χ4v) is 2.95. The third kappa shape index (κ3) is 4.86. The molecule has 1 aromatic heterocycles. The van der Waals surface area contributed by atoms with E-state index in [1.54, 1.807) is 18.4 Å². The van der Waals surface area contributed by atoms with E-state index in [-0.39, 0.29) is 25.0 Å². The summed E-state index contributed by atoms with van der Waals surface area (Å²) < 4.78 is 5.25. The van der Waals surface area contributed by atoms with Gasteiger partial charge in [0.05, 0.1) is 18.9 Å². The average Bonchev–Trinajstić information content (AvgIpc) is 2.97. The summed E-state index contributed by atoms with van der Waals surface area (Å²) in [6.45, 7) is 1.15. The highest BCUT2D eigenvalue weighted by molar-refractivity contribution is 5.78. The molecule has 2 heterocycles. The number of nitrogens with zero attached hydrogens (tertiary/aromatic N) is 2. The summed E-state index contributed by atoms with van der Waals surface area (Å²) in [7, 11) is 0. The lowest BCUT2D eigenvalue weighted by molar-refractivity contribution is -0.122. The lowest BCUT2D eigenvalue weighted by atomic mass is 10.0. The Morgan fingerprint density at radius 1 is 1.55 bits per heavy atom. The van der Waals surface area contributed by atoms with E-state index in [0.717, 1.165) is 32.2 Å². The van der Waals surface area contributed by atoms with Gasteiger partial charge in [-0.25, -0.2) is 0 Å². The van der Waals surface area contributed by atoms with Gasteiger partial charge in [0.25, 0.3) is 0 Å². The Bertz CT molecular complexity index is 495. The molecule has 0 spiro atoms. The lowest BCUT2D eigenvalue weighted by Gasteiger charge is -2.30. The molecule has 2 atom stereocenters. The summed E-state index contributed by atoms with van der Waals surface area (Å²) in [5, 5.41) is 21.4. The highest BCUT2D eigenvalue weighted by Crippen LogP contribution is 2.26. The van der Waals surface area contributed by atoms with Crippen LogP contribution in [0.4, 0.5) is 0 Å². The van der Waals surface area contributed by atoms with Crippen LogP contribution in [0.2, 0.25) is 0 Å². The number of nitriles is 1. The number of amides is 1. The second kappa shape index (κ2) is 8.57. The van der Waals surface area contributed by atoms with Crippen LogP contribution in [0.5, 0.6) is 0 Å². The molecule has 0 aromatic carbocycles. The molecule has 1 fully saturated rings. The van der Waals surface area contributed by atoms with E-state index in [1.807, 2.05) is 6.07 Å². The molecule has 2 unspecified atom stereocenters. The van der Waals surface area contributed by atoms with E-state index in [2.05, 4.69) is 10.2 Å². The summed E-state index contributed by atoms with van der Waals surface area (Å²) >= 11 is 0. The van der Waals surface area contributed by atoms with Gasteiger partial charge in [0.15, 0.2) is 0 Å². The second-order valence-corrected chi connectivity index (χ2v) is 5.68. The van der Waals surface area contributed by atoms with Crippen molar-refractivity contribution in [2.24, 2.45) is 0 Å². The maximum Gasteiger partial charge on any atom is 0.235 e. The Balaban J connectivity index is 1.95. The first kappa shape index (κ1) is 16.5. The number of carbonyl (C=O) groups is 1. The Morgan fingerprint density at radius 2 is 2.41 bits per heavy atom. The van der Waals surface area contributed by atoms with Crippen LogP contribution >= 0.6 is 0 Å². The maximum atomic E-state index is 11.9. The number of furan rings is 1. The molecule has 1 saturated heterocycles.